The van der Waals surface area contributed by atoms with Crippen LogP contribution < -0.4 is 5.32 Å². The van der Waals surface area contributed by atoms with Crippen LogP contribution in [0.3, 0.4) is 0 Å². The number of thiazole rings is 1. The van der Waals surface area contributed by atoms with Gasteiger partial charge in [-0.2, -0.15) is 0 Å². The minimum absolute atomic E-state index is 0.159. The number of nitrogens with one attached hydrogen (secondary N) is 1. The molecule has 0 amide bonds. The van der Waals surface area contributed by atoms with Crippen LogP contribution in [-0.2, 0) is 5.41 Å². The van der Waals surface area contributed by atoms with Gasteiger partial charge in [0.1, 0.15) is 0 Å². The summed E-state index contributed by atoms with van der Waals surface area (Å²) in [6.45, 7) is 17.0. The summed E-state index contributed by atoms with van der Waals surface area (Å²) in [5, 5.41) is 4.94. The number of hydrogen-bond donors (Lipinski definition) is 1. The molecule has 0 radical (unpaired) electrons. The minimum atomic E-state index is 0.159. The lowest BCUT2D eigenvalue weighted by atomic mass is 9.98. The molecule has 2 rings (SSSR count). The number of aryl methyl sites for hydroxylation is 1. The van der Waals surface area contributed by atoms with E-state index in [-0.39, 0.29) is 5.41 Å². The monoisotopic (exact) mass is 280 g/mol. The first-order valence-electron chi connectivity index (χ1n) is 7.32. The molecule has 2 nitrogen and oxygen atoms in total. The van der Waals surface area contributed by atoms with E-state index < -0.39 is 0 Å². The standard InChI is InChI=1S/C16H28N2S/c1-10(17-9-12-8-16(12,6)7)13-11(2)18-14(19-13)15(3,4)5/h10,12,17H,8-9H2,1-7H3. The molecular formula is C16H28N2S. The van der Waals surface area contributed by atoms with Crippen LogP contribution in [0.4, 0.5) is 0 Å². The third-order valence-electron chi connectivity index (χ3n) is 4.26. The Hall–Kier alpha value is -0.410. The van der Waals surface area contributed by atoms with Crippen molar-refractivity contribution in [1.82, 2.24) is 10.3 Å². The second kappa shape index (κ2) is 4.85. The lowest BCUT2D eigenvalue weighted by Gasteiger charge is -2.15. The molecule has 1 fully saturated rings. The second-order valence-electron chi connectivity index (χ2n) is 7.74. The summed E-state index contributed by atoms with van der Waals surface area (Å²) in [5.74, 6) is 0.852. The van der Waals surface area contributed by atoms with Gasteiger partial charge in [-0.05, 0) is 38.1 Å². The highest BCUT2D eigenvalue weighted by Gasteiger charge is 2.45. The molecule has 108 valence electrons. The summed E-state index contributed by atoms with van der Waals surface area (Å²) in [7, 11) is 0. The first kappa shape index (κ1) is 15.0. The molecule has 19 heavy (non-hydrogen) atoms. The average Bonchev–Trinajstić information content (AvgIpc) is 2.68. The van der Waals surface area contributed by atoms with Gasteiger partial charge in [-0.1, -0.05) is 34.6 Å². The molecule has 0 bridgehead atoms. The van der Waals surface area contributed by atoms with Gasteiger partial charge >= 0.3 is 0 Å². The fraction of sp³-hybridized carbons (Fsp3) is 0.812. The predicted octanol–water partition coefficient (Wildman–Crippen LogP) is 4.45. The highest BCUT2D eigenvalue weighted by molar-refractivity contribution is 7.12. The van der Waals surface area contributed by atoms with Gasteiger partial charge in [0.15, 0.2) is 0 Å². The summed E-state index contributed by atoms with van der Waals surface area (Å²) in [6.07, 6.45) is 1.36. The van der Waals surface area contributed by atoms with Gasteiger partial charge in [0.2, 0.25) is 0 Å². The molecule has 1 aliphatic rings. The zero-order valence-electron chi connectivity index (χ0n) is 13.4. The zero-order chi connectivity index (χ0) is 14.4. The number of nitrogens with zero attached hydrogens (tertiary/aromatic N) is 1. The molecule has 1 saturated carbocycles. The van der Waals surface area contributed by atoms with E-state index in [9.17, 15) is 0 Å². The Labute approximate surface area is 122 Å². The molecular weight excluding hydrogens is 252 g/mol. The number of hydrogen-bond acceptors (Lipinski definition) is 3. The van der Waals surface area contributed by atoms with Crippen molar-refractivity contribution in [2.24, 2.45) is 11.3 Å². The quantitative estimate of drug-likeness (QED) is 0.881. The average molecular weight is 280 g/mol. The van der Waals surface area contributed by atoms with Crippen LogP contribution in [0.2, 0.25) is 0 Å². The van der Waals surface area contributed by atoms with Gasteiger partial charge in [0, 0.05) is 16.3 Å². The zero-order valence-corrected chi connectivity index (χ0v) is 14.2. The highest BCUT2D eigenvalue weighted by atomic mass is 32.1. The van der Waals surface area contributed by atoms with E-state index in [0.717, 1.165) is 12.5 Å². The van der Waals surface area contributed by atoms with Crippen LogP contribution >= 0.6 is 11.3 Å². The van der Waals surface area contributed by atoms with E-state index >= 15 is 0 Å². The Morgan fingerprint density at radius 3 is 2.42 bits per heavy atom. The fourth-order valence-electron chi connectivity index (χ4n) is 2.47. The summed E-state index contributed by atoms with van der Waals surface area (Å²) in [5.41, 5.74) is 1.92. The molecule has 2 unspecified atom stereocenters. The smallest absolute Gasteiger partial charge is 0.0985 e. The Bertz CT molecular complexity index is 454. The molecule has 1 heterocycles. The van der Waals surface area contributed by atoms with E-state index in [0.29, 0.717) is 11.5 Å². The van der Waals surface area contributed by atoms with Crippen molar-refractivity contribution in [3.63, 3.8) is 0 Å². The normalized spacial score (nSPS) is 23.4. The Kier molecular flexibility index (Phi) is 3.83. The van der Waals surface area contributed by atoms with Crippen LogP contribution in [0.5, 0.6) is 0 Å². The van der Waals surface area contributed by atoms with Crippen molar-refractivity contribution in [1.29, 1.82) is 0 Å². The molecule has 0 aromatic carbocycles. The second-order valence-corrected chi connectivity index (χ2v) is 8.77. The van der Waals surface area contributed by atoms with E-state index in [1.54, 1.807) is 0 Å². The first-order chi connectivity index (χ1) is 8.61. The first-order valence-corrected chi connectivity index (χ1v) is 8.14. The molecule has 2 atom stereocenters. The Morgan fingerprint density at radius 1 is 1.42 bits per heavy atom. The largest absolute Gasteiger partial charge is 0.309 e. The lowest BCUT2D eigenvalue weighted by Crippen LogP contribution is -2.22. The van der Waals surface area contributed by atoms with Crippen molar-refractivity contribution in [2.75, 3.05) is 6.54 Å². The minimum Gasteiger partial charge on any atom is -0.309 e. The van der Waals surface area contributed by atoms with Crippen LogP contribution in [0.15, 0.2) is 0 Å². The van der Waals surface area contributed by atoms with Crippen molar-refractivity contribution >= 4 is 11.3 Å². The van der Waals surface area contributed by atoms with E-state index in [1.165, 1.54) is 22.0 Å². The molecule has 1 aliphatic carbocycles. The third kappa shape index (κ3) is 3.38. The topological polar surface area (TPSA) is 24.9 Å². The molecule has 0 aliphatic heterocycles. The van der Waals surface area contributed by atoms with Gasteiger partial charge in [0.05, 0.1) is 10.7 Å². The molecule has 1 aromatic heterocycles. The lowest BCUT2D eigenvalue weighted by molar-refractivity contribution is 0.487. The third-order valence-corrected chi connectivity index (χ3v) is 6.02. The fourth-order valence-corrected chi connectivity index (χ4v) is 3.62. The van der Waals surface area contributed by atoms with Gasteiger partial charge < -0.3 is 5.32 Å². The number of rotatable bonds is 4. The molecule has 0 saturated heterocycles. The maximum atomic E-state index is 4.75. The van der Waals surface area contributed by atoms with E-state index in [4.69, 9.17) is 4.98 Å². The molecule has 1 N–H and O–H groups in total. The van der Waals surface area contributed by atoms with Crippen molar-refractivity contribution in [3.05, 3.63) is 15.6 Å². The summed E-state index contributed by atoms with van der Waals surface area (Å²) in [4.78, 5) is 6.16. The highest BCUT2D eigenvalue weighted by Crippen LogP contribution is 2.51. The van der Waals surface area contributed by atoms with Crippen molar-refractivity contribution in [2.45, 2.75) is 66.3 Å². The van der Waals surface area contributed by atoms with Crippen LogP contribution in [0, 0.1) is 18.3 Å². The molecule has 3 heteroatoms. The van der Waals surface area contributed by atoms with E-state index in [2.05, 4.69) is 53.8 Å². The van der Waals surface area contributed by atoms with Crippen LogP contribution in [0.25, 0.3) is 0 Å². The Balaban J connectivity index is 1.99. The van der Waals surface area contributed by atoms with Crippen LogP contribution in [0.1, 0.15) is 69.6 Å². The van der Waals surface area contributed by atoms with E-state index in [1.807, 2.05) is 11.3 Å². The maximum Gasteiger partial charge on any atom is 0.0985 e. The van der Waals surface area contributed by atoms with Crippen LogP contribution in [-0.4, -0.2) is 11.5 Å². The van der Waals surface area contributed by atoms with Gasteiger partial charge in [0.25, 0.3) is 0 Å². The molecule has 1 aromatic rings. The SMILES string of the molecule is Cc1nc(C(C)(C)C)sc1C(C)NCC1CC1(C)C. The van der Waals surface area contributed by atoms with Gasteiger partial charge in [-0.25, -0.2) is 4.98 Å². The number of aromatic nitrogens is 1. The van der Waals surface area contributed by atoms with Crippen molar-refractivity contribution < 1.29 is 0 Å². The maximum absolute atomic E-state index is 4.75. The predicted molar refractivity (Wildman–Crippen MR) is 83.9 cm³/mol. The summed E-state index contributed by atoms with van der Waals surface area (Å²) in [6, 6.07) is 0.421. The van der Waals surface area contributed by atoms with Crippen molar-refractivity contribution in [3.8, 4) is 0 Å². The summed E-state index contributed by atoms with van der Waals surface area (Å²) < 4.78 is 0. The summed E-state index contributed by atoms with van der Waals surface area (Å²) >= 11 is 1.87. The molecule has 0 spiro atoms. The van der Waals surface area contributed by atoms with Gasteiger partial charge in [-0.15, -0.1) is 11.3 Å². The van der Waals surface area contributed by atoms with Gasteiger partial charge in [-0.3, -0.25) is 0 Å². The Morgan fingerprint density at radius 2 is 2.00 bits per heavy atom.